The Labute approximate surface area is 180 Å². The largest absolute Gasteiger partial charge is 0.448 e. The van der Waals surface area contributed by atoms with Gasteiger partial charge in [0.15, 0.2) is 0 Å². The second kappa shape index (κ2) is 8.49. The first kappa shape index (κ1) is 19.7. The van der Waals surface area contributed by atoms with Gasteiger partial charge in [-0.2, -0.15) is 0 Å². The van der Waals surface area contributed by atoms with Gasteiger partial charge in [0.05, 0.1) is 38.6 Å². The van der Waals surface area contributed by atoms with E-state index in [-0.39, 0.29) is 24.7 Å². The topological polar surface area (TPSA) is 89.7 Å². The number of rotatable bonds is 5. The van der Waals surface area contributed by atoms with Crippen LogP contribution in [0.15, 0.2) is 54.7 Å². The van der Waals surface area contributed by atoms with Gasteiger partial charge in [-0.3, -0.25) is 0 Å². The predicted octanol–water partition coefficient (Wildman–Crippen LogP) is 2.42. The van der Waals surface area contributed by atoms with E-state index in [1.165, 1.54) is 22.3 Å². The molecule has 1 saturated heterocycles. The van der Waals surface area contributed by atoms with Crippen LogP contribution in [0.5, 0.6) is 0 Å². The van der Waals surface area contributed by atoms with Crippen molar-refractivity contribution in [1.82, 2.24) is 19.9 Å². The number of carbonyl (C=O) groups is 1. The fourth-order valence-electron chi connectivity index (χ4n) is 4.39. The summed E-state index contributed by atoms with van der Waals surface area (Å²) < 4.78 is 13.2. The molecule has 1 aliphatic heterocycles. The number of hydrogen-bond acceptors (Lipinski definition) is 6. The first-order valence-electron chi connectivity index (χ1n) is 10.4. The third kappa shape index (κ3) is 3.92. The lowest BCUT2D eigenvalue weighted by molar-refractivity contribution is -0.0358. The lowest BCUT2D eigenvalue weighted by Gasteiger charge is -2.32. The molecule has 5 rings (SSSR count). The van der Waals surface area contributed by atoms with E-state index < -0.39 is 0 Å². The van der Waals surface area contributed by atoms with Crippen molar-refractivity contribution in [2.45, 2.75) is 25.2 Å². The van der Waals surface area contributed by atoms with Crippen molar-refractivity contribution < 1.29 is 19.4 Å². The number of ether oxygens (including phenoxy) is 2. The number of aliphatic hydroxyl groups is 1. The molecule has 0 bridgehead atoms. The molecule has 0 spiro atoms. The molecule has 31 heavy (non-hydrogen) atoms. The van der Waals surface area contributed by atoms with Crippen LogP contribution in [0.3, 0.4) is 0 Å². The van der Waals surface area contributed by atoms with Crippen LogP contribution in [-0.4, -0.2) is 63.5 Å². The van der Waals surface area contributed by atoms with Gasteiger partial charge in [0.25, 0.3) is 0 Å². The van der Waals surface area contributed by atoms with Crippen molar-refractivity contribution in [3.05, 3.63) is 71.5 Å². The van der Waals surface area contributed by atoms with Gasteiger partial charge in [0, 0.05) is 12.5 Å². The third-order valence-corrected chi connectivity index (χ3v) is 5.87. The quantitative estimate of drug-likeness (QED) is 0.682. The average molecular weight is 420 g/mol. The molecule has 1 amide bonds. The van der Waals surface area contributed by atoms with Crippen LogP contribution < -0.4 is 0 Å². The van der Waals surface area contributed by atoms with Crippen molar-refractivity contribution in [3.63, 3.8) is 0 Å². The van der Waals surface area contributed by atoms with Gasteiger partial charge in [-0.15, -0.1) is 5.10 Å². The first-order chi connectivity index (χ1) is 15.2. The maximum absolute atomic E-state index is 12.8. The van der Waals surface area contributed by atoms with E-state index in [0.717, 1.165) is 0 Å². The molecular formula is C23H24N4O4. The molecule has 2 heterocycles. The summed E-state index contributed by atoms with van der Waals surface area (Å²) in [5.41, 5.74) is 5.31. The molecule has 1 unspecified atom stereocenters. The highest BCUT2D eigenvalue weighted by molar-refractivity contribution is 5.79. The molecular weight excluding hydrogens is 396 g/mol. The van der Waals surface area contributed by atoms with Crippen LogP contribution in [0, 0.1) is 0 Å². The molecule has 0 saturated carbocycles. The molecule has 2 aromatic carbocycles. The van der Waals surface area contributed by atoms with Crippen molar-refractivity contribution >= 4 is 6.09 Å². The lowest BCUT2D eigenvalue weighted by Crippen LogP contribution is -2.47. The third-order valence-electron chi connectivity index (χ3n) is 5.87. The smallest absolute Gasteiger partial charge is 0.409 e. The molecule has 8 nitrogen and oxygen atoms in total. The van der Waals surface area contributed by atoms with Crippen LogP contribution in [-0.2, 0) is 22.6 Å². The van der Waals surface area contributed by atoms with Crippen molar-refractivity contribution in [3.8, 4) is 11.1 Å². The molecule has 1 fully saturated rings. The van der Waals surface area contributed by atoms with E-state index >= 15 is 0 Å². The van der Waals surface area contributed by atoms with Crippen LogP contribution in [0.4, 0.5) is 4.79 Å². The Morgan fingerprint density at radius 3 is 2.52 bits per heavy atom. The summed E-state index contributed by atoms with van der Waals surface area (Å²) in [4.78, 5) is 14.5. The highest BCUT2D eigenvalue weighted by Crippen LogP contribution is 2.44. The molecule has 1 N–H and O–H groups in total. The zero-order chi connectivity index (χ0) is 21.2. The van der Waals surface area contributed by atoms with Gasteiger partial charge in [0.2, 0.25) is 0 Å². The van der Waals surface area contributed by atoms with E-state index in [9.17, 15) is 4.79 Å². The highest BCUT2D eigenvalue weighted by Gasteiger charge is 2.31. The lowest BCUT2D eigenvalue weighted by atomic mass is 9.98. The minimum absolute atomic E-state index is 0.0419. The Hall–Kier alpha value is -3.23. The fraction of sp³-hybridized carbons (Fsp3) is 0.348. The Kier molecular flexibility index (Phi) is 5.40. The van der Waals surface area contributed by atoms with Crippen LogP contribution in [0.2, 0.25) is 0 Å². The molecule has 160 valence electrons. The summed E-state index contributed by atoms with van der Waals surface area (Å²) in [6.07, 6.45) is 1.14. The number of hydrogen-bond donors (Lipinski definition) is 1. The van der Waals surface area contributed by atoms with Crippen molar-refractivity contribution in [2.75, 3.05) is 26.3 Å². The Balaban J connectivity index is 1.22. The standard InChI is InChI=1S/C23H24N4O4/c28-14-16-11-27(25-24-16)13-17-12-26(9-10-30-17)23(29)31-15-22-20-7-3-1-5-18(20)19-6-2-4-8-21(19)22/h1-8,11,17,22,28H,9-10,12-15H2. The summed E-state index contributed by atoms with van der Waals surface area (Å²) in [5, 5.41) is 17.0. The molecule has 2 aliphatic rings. The molecule has 1 aromatic heterocycles. The maximum atomic E-state index is 12.8. The van der Waals surface area contributed by atoms with E-state index in [1.54, 1.807) is 15.8 Å². The summed E-state index contributed by atoms with van der Waals surface area (Å²) in [5.74, 6) is 0.0419. The van der Waals surface area contributed by atoms with E-state index in [4.69, 9.17) is 14.6 Å². The second-order valence-corrected chi connectivity index (χ2v) is 7.83. The fourth-order valence-corrected chi connectivity index (χ4v) is 4.39. The Bertz CT molecular complexity index is 1040. The summed E-state index contributed by atoms with van der Waals surface area (Å²) in [6.45, 7) is 1.96. The minimum Gasteiger partial charge on any atom is -0.448 e. The minimum atomic E-state index is -0.329. The molecule has 1 aliphatic carbocycles. The number of morpholine rings is 1. The Morgan fingerprint density at radius 1 is 1.13 bits per heavy atom. The van der Waals surface area contributed by atoms with Gasteiger partial charge >= 0.3 is 6.09 Å². The number of carbonyl (C=O) groups excluding carboxylic acids is 1. The monoisotopic (exact) mass is 420 g/mol. The number of amides is 1. The van der Waals surface area contributed by atoms with Gasteiger partial charge in [-0.25, -0.2) is 9.48 Å². The van der Waals surface area contributed by atoms with Gasteiger partial charge in [-0.1, -0.05) is 53.7 Å². The average Bonchev–Trinajstić information content (AvgIpc) is 3.40. The van der Waals surface area contributed by atoms with E-state index in [2.05, 4.69) is 34.6 Å². The molecule has 0 radical (unpaired) electrons. The van der Waals surface area contributed by atoms with Gasteiger partial charge in [-0.05, 0) is 22.3 Å². The first-order valence-corrected chi connectivity index (χ1v) is 10.4. The predicted molar refractivity (Wildman–Crippen MR) is 112 cm³/mol. The zero-order valence-corrected chi connectivity index (χ0v) is 17.1. The normalized spacial score (nSPS) is 18.0. The second-order valence-electron chi connectivity index (χ2n) is 7.83. The maximum Gasteiger partial charge on any atom is 0.409 e. The zero-order valence-electron chi connectivity index (χ0n) is 17.1. The SMILES string of the molecule is O=C(OCC1c2ccccc2-c2ccccc21)N1CCOC(Cn2cc(CO)nn2)C1. The summed E-state index contributed by atoms with van der Waals surface area (Å²) in [7, 11) is 0. The Morgan fingerprint density at radius 2 is 1.84 bits per heavy atom. The summed E-state index contributed by atoms with van der Waals surface area (Å²) >= 11 is 0. The van der Waals surface area contributed by atoms with Crippen LogP contribution in [0.25, 0.3) is 11.1 Å². The van der Waals surface area contributed by atoms with Crippen LogP contribution >= 0.6 is 0 Å². The highest BCUT2D eigenvalue weighted by atomic mass is 16.6. The summed E-state index contributed by atoms with van der Waals surface area (Å²) in [6, 6.07) is 16.6. The number of benzene rings is 2. The van der Waals surface area contributed by atoms with Gasteiger partial charge < -0.3 is 19.5 Å². The number of aliphatic hydroxyl groups excluding tert-OH is 1. The van der Waals surface area contributed by atoms with Crippen molar-refractivity contribution in [1.29, 1.82) is 0 Å². The number of aromatic nitrogens is 3. The molecule has 1 atom stereocenters. The number of fused-ring (bicyclic) bond motifs is 3. The van der Waals surface area contributed by atoms with Crippen molar-refractivity contribution in [2.24, 2.45) is 0 Å². The van der Waals surface area contributed by atoms with E-state index in [1.807, 2.05) is 24.3 Å². The number of nitrogens with zero attached hydrogens (tertiary/aromatic N) is 4. The molecule has 8 heteroatoms. The van der Waals surface area contributed by atoms with Gasteiger partial charge in [0.1, 0.15) is 12.3 Å². The van der Waals surface area contributed by atoms with E-state index in [0.29, 0.717) is 38.5 Å². The molecule has 3 aromatic rings. The van der Waals surface area contributed by atoms with Crippen LogP contribution in [0.1, 0.15) is 22.7 Å².